The lowest BCUT2D eigenvalue weighted by atomic mass is 9.97. The Bertz CT molecular complexity index is 1300. The van der Waals surface area contributed by atoms with Crippen LogP contribution in [0.2, 0.25) is 0 Å². The fourth-order valence-corrected chi connectivity index (χ4v) is 4.74. The Morgan fingerprint density at radius 3 is 2.44 bits per heavy atom. The molecule has 32 heavy (non-hydrogen) atoms. The molecule has 1 aliphatic rings. The summed E-state index contributed by atoms with van der Waals surface area (Å²) in [6.45, 7) is 6.63. The molecule has 1 unspecified atom stereocenters. The molecule has 5 rings (SSSR count). The van der Waals surface area contributed by atoms with E-state index in [1.165, 1.54) is 10.5 Å². The normalized spacial score (nSPS) is 16.4. The van der Waals surface area contributed by atoms with Crippen molar-refractivity contribution >= 4 is 11.0 Å². The highest BCUT2D eigenvalue weighted by molar-refractivity contribution is 5.86. The van der Waals surface area contributed by atoms with E-state index in [1.807, 2.05) is 55.5 Å². The molecule has 4 heteroatoms. The maximum Gasteiger partial charge on any atom is 0.340 e. The lowest BCUT2D eigenvalue weighted by molar-refractivity contribution is -0.933. The molecule has 0 radical (unpaired) electrons. The molecule has 4 aromatic rings. The van der Waals surface area contributed by atoms with E-state index in [9.17, 15) is 4.79 Å². The average Bonchev–Trinajstić information content (AvgIpc) is 2.83. The third-order valence-electron chi connectivity index (χ3n) is 6.56. The molecule has 0 saturated carbocycles. The summed E-state index contributed by atoms with van der Waals surface area (Å²) in [4.78, 5) is 14.3. The smallest absolute Gasteiger partial charge is 0.340 e. The van der Waals surface area contributed by atoms with Gasteiger partial charge in [-0.2, -0.15) is 0 Å². The van der Waals surface area contributed by atoms with Crippen LogP contribution in [0.15, 0.2) is 82.0 Å². The zero-order chi connectivity index (χ0) is 22.1. The minimum Gasteiger partial charge on any atom is -0.445 e. The third kappa shape index (κ3) is 3.94. The Balaban J connectivity index is 1.46. The van der Waals surface area contributed by atoms with Crippen molar-refractivity contribution in [1.82, 2.24) is 0 Å². The summed E-state index contributed by atoms with van der Waals surface area (Å²) in [6, 6.07) is 24.7. The molecule has 162 valence electrons. The van der Waals surface area contributed by atoms with Crippen LogP contribution in [0.5, 0.6) is 5.75 Å². The van der Waals surface area contributed by atoms with Gasteiger partial charge in [-0.15, -0.1) is 0 Å². The lowest BCUT2D eigenvalue weighted by Crippen LogP contribution is -3.12. The van der Waals surface area contributed by atoms with Crippen molar-refractivity contribution in [2.24, 2.45) is 0 Å². The lowest BCUT2D eigenvalue weighted by Gasteiger charge is -2.28. The Morgan fingerprint density at radius 1 is 0.969 bits per heavy atom. The van der Waals surface area contributed by atoms with Gasteiger partial charge in [0.15, 0.2) is 5.58 Å². The van der Waals surface area contributed by atoms with Gasteiger partial charge in [-0.1, -0.05) is 67.6 Å². The van der Waals surface area contributed by atoms with Crippen LogP contribution in [-0.4, -0.2) is 13.3 Å². The monoisotopic (exact) mass is 426 g/mol. The van der Waals surface area contributed by atoms with Crippen molar-refractivity contribution in [2.45, 2.75) is 32.7 Å². The molecule has 0 fully saturated rings. The molecule has 4 nitrogen and oxygen atoms in total. The highest BCUT2D eigenvalue weighted by Crippen LogP contribution is 2.31. The summed E-state index contributed by atoms with van der Waals surface area (Å²) in [5.74, 6) is 1.24. The maximum absolute atomic E-state index is 13.0. The standard InChI is InChI=1S/C28H27NO3/c1-19(22-11-7-4-8-12-22)16-29-17-25-26(31-18-29)14-13-23-20(2)24(28(30)32-27(23)25)15-21-9-5-3-6-10-21/h3-14,19H,15-18H2,1-2H3/p+1/t19-/m1/s1. The number of aryl methyl sites for hydroxylation is 1. The van der Waals surface area contributed by atoms with Gasteiger partial charge in [0, 0.05) is 23.3 Å². The summed E-state index contributed by atoms with van der Waals surface area (Å²) in [5.41, 5.74) is 5.57. The van der Waals surface area contributed by atoms with Crippen LogP contribution < -0.4 is 15.3 Å². The van der Waals surface area contributed by atoms with Crippen LogP contribution in [0.3, 0.4) is 0 Å². The number of quaternary nitrogens is 1. The average molecular weight is 427 g/mol. The van der Waals surface area contributed by atoms with Gasteiger partial charge in [0.25, 0.3) is 0 Å². The predicted octanol–water partition coefficient (Wildman–Crippen LogP) is 4.23. The van der Waals surface area contributed by atoms with Gasteiger partial charge in [-0.25, -0.2) is 4.79 Å². The summed E-state index contributed by atoms with van der Waals surface area (Å²) in [6.07, 6.45) is 0.574. The molecule has 2 atom stereocenters. The first-order valence-electron chi connectivity index (χ1n) is 11.2. The van der Waals surface area contributed by atoms with Gasteiger partial charge in [-0.3, -0.25) is 4.90 Å². The van der Waals surface area contributed by atoms with E-state index in [-0.39, 0.29) is 5.63 Å². The van der Waals surface area contributed by atoms with E-state index in [1.54, 1.807) is 0 Å². The van der Waals surface area contributed by atoms with Gasteiger partial charge >= 0.3 is 5.63 Å². The molecule has 0 spiro atoms. The zero-order valence-corrected chi connectivity index (χ0v) is 18.6. The Kier molecular flexibility index (Phi) is 5.54. The van der Waals surface area contributed by atoms with Crippen molar-refractivity contribution in [3.05, 3.63) is 111 Å². The molecule has 0 amide bonds. The summed E-state index contributed by atoms with van der Waals surface area (Å²) < 4.78 is 12.0. The number of fused-ring (bicyclic) bond motifs is 3. The maximum atomic E-state index is 13.0. The van der Waals surface area contributed by atoms with Crippen molar-refractivity contribution < 1.29 is 14.1 Å². The molecule has 2 heterocycles. The van der Waals surface area contributed by atoms with Crippen LogP contribution in [0.1, 0.15) is 40.7 Å². The number of hydrogen-bond acceptors (Lipinski definition) is 3. The van der Waals surface area contributed by atoms with Crippen LogP contribution in [0.25, 0.3) is 11.0 Å². The van der Waals surface area contributed by atoms with Crippen molar-refractivity contribution in [2.75, 3.05) is 13.3 Å². The summed E-state index contributed by atoms with van der Waals surface area (Å²) >= 11 is 0. The van der Waals surface area contributed by atoms with Crippen molar-refractivity contribution in [3.63, 3.8) is 0 Å². The minimum absolute atomic E-state index is 0.253. The quantitative estimate of drug-likeness (QED) is 0.486. The van der Waals surface area contributed by atoms with Crippen molar-refractivity contribution in [1.29, 1.82) is 0 Å². The SMILES string of the molecule is Cc1c(Cc2ccccc2)c(=O)oc2c3c(ccc12)OC[NH+](C[C@@H](C)c1ccccc1)C3. The van der Waals surface area contributed by atoms with E-state index >= 15 is 0 Å². The first-order valence-corrected chi connectivity index (χ1v) is 11.2. The molecule has 3 aromatic carbocycles. The van der Waals surface area contributed by atoms with E-state index in [2.05, 4.69) is 31.2 Å². The van der Waals surface area contributed by atoms with Crippen molar-refractivity contribution in [3.8, 4) is 5.75 Å². The second-order valence-corrected chi connectivity index (χ2v) is 8.81. The molecule has 0 bridgehead atoms. The molecular weight excluding hydrogens is 398 g/mol. The fourth-order valence-electron chi connectivity index (χ4n) is 4.74. The molecule has 1 N–H and O–H groups in total. The molecular formula is C28H28NO3+. The Labute approximate surface area is 188 Å². The highest BCUT2D eigenvalue weighted by atomic mass is 16.5. The van der Waals surface area contributed by atoms with Gasteiger partial charge in [-0.05, 0) is 35.7 Å². The second-order valence-electron chi connectivity index (χ2n) is 8.81. The first kappa shape index (κ1) is 20.5. The summed E-state index contributed by atoms with van der Waals surface area (Å²) in [7, 11) is 0. The van der Waals surface area contributed by atoms with Crippen LogP contribution >= 0.6 is 0 Å². The van der Waals surface area contributed by atoms with Crippen LogP contribution in [0.4, 0.5) is 0 Å². The second kappa shape index (κ2) is 8.64. The first-order chi connectivity index (χ1) is 15.6. The zero-order valence-electron chi connectivity index (χ0n) is 18.6. The van der Waals surface area contributed by atoms with Crippen LogP contribution in [-0.2, 0) is 13.0 Å². The van der Waals surface area contributed by atoms with E-state index in [0.717, 1.165) is 46.5 Å². The number of rotatable bonds is 5. The summed E-state index contributed by atoms with van der Waals surface area (Å²) in [5, 5.41) is 0.996. The molecule has 1 aliphatic heterocycles. The highest BCUT2D eigenvalue weighted by Gasteiger charge is 2.27. The molecule has 1 aromatic heterocycles. The Morgan fingerprint density at radius 2 is 1.69 bits per heavy atom. The van der Waals surface area contributed by atoms with E-state index < -0.39 is 0 Å². The number of nitrogens with one attached hydrogen (secondary N) is 1. The molecule has 0 aliphatic carbocycles. The van der Waals surface area contributed by atoms with Gasteiger partial charge in [0.1, 0.15) is 12.3 Å². The van der Waals surface area contributed by atoms with Gasteiger partial charge in [0.2, 0.25) is 6.73 Å². The largest absolute Gasteiger partial charge is 0.445 e. The number of hydrogen-bond donors (Lipinski definition) is 1. The number of benzene rings is 3. The molecule has 0 saturated heterocycles. The topological polar surface area (TPSA) is 43.9 Å². The van der Waals surface area contributed by atoms with E-state index in [0.29, 0.717) is 24.7 Å². The van der Waals surface area contributed by atoms with Crippen LogP contribution in [0, 0.1) is 6.92 Å². The third-order valence-corrected chi connectivity index (χ3v) is 6.56. The van der Waals surface area contributed by atoms with Gasteiger partial charge in [0.05, 0.1) is 12.1 Å². The minimum atomic E-state index is -0.253. The Hall–Kier alpha value is -3.37. The van der Waals surface area contributed by atoms with E-state index in [4.69, 9.17) is 9.15 Å². The predicted molar refractivity (Wildman–Crippen MR) is 126 cm³/mol. The number of ether oxygens (including phenoxy) is 1. The fraction of sp³-hybridized carbons (Fsp3) is 0.250. The van der Waals surface area contributed by atoms with Gasteiger partial charge < -0.3 is 9.15 Å².